The fourth-order valence-corrected chi connectivity index (χ4v) is 2.78. The van der Waals surface area contributed by atoms with Crippen molar-refractivity contribution in [2.24, 2.45) is 5.92 Å². The molecule has 2 atom stereocenters. The number of rotatable bonds is 6. The van der Waals surface area contributed by atoms with Gasteiger partial charge in [0.05, 0.1) is 12.4 Å². The van der Waals surface area contributed by atoms with Gasteiger partial charge in [0.1, 0.15) is 0 Å². The molecule has 1 saturated carbocycles. The molecule has 0 aromatic heterocycles. The molecule has 2 unspecified atom stereocenters. The summed E-state index contributed by atoms with van der Waals surface area (Å²) in [5.41, 5.74) is 0. The summed E-state index contributed by atoms with van der Waals surface area (Å²) in [4.78, 5) is 2.08. The van der Waals surface area contributed by atoms with Crippen molar-refractivity contribution in [3.8, 4) is 0 Å². The van der Waals surface area contributed by atoms with Crippen LogP contribution in [0, 0.1) is 5.92 Å². The SMILES string of the molecule is CN(CCNS(C)(=O)=O)CC1CCCCC1O. The lowest BCUT2D eigenvalue weighted by Gasteiger charge is -2.31. The molecule has 0 aromatic carbocycles. The molecule has 0 amide bonds. The maximum atomic E-state index is 10.9. The molecule has 1 fully saturated rings. The van der Waals surface area contributed by atoms with Crippen molar-refractivity contribution in [1.29, 1.82) is 0 Å². The quantitative estimate of drug-likeness (QED) is 0.709. The third-order valence-electron chi connectivity index (χ3n) is 3.27. The lowest BCUT2D eigenvalue weighted by Crippen LogP contribution is -2.38. The van der Waals surface area contributed by atoms with E-state index in [-0.39, 0.29) is 6.10 Å². The maximum Gasteiger partial charge on any atom is 0.208 e. The van der Waals surface area contributed by atoms with E-state index in [4.69, 9.17) is 0 Å². The van der Waals surface area contributed by atoms with E-state index in [1.54, 1.807) is 0 Å². The summed E-state index contributed by atoms with van der Waals surface area (Å²) in [6.07, 6.45) is 5.27. The Labute approximate surface area is 104 Å². The normalized spacial score (nSPS) is 26.4. The van der Waals surface area contributed by atoms with E-state index in [0.717, 1.165) is 32.1 Å². The molecule has 1 aliphatic rings. The van der Waals surface area contributed by atoms with E-state index in [2.05, 4.69) is 9.62 Å². The van der Waals surface area contributed by atoms with Crippen molar-refractivity contribution < 1.29 is 13.5 Å². The Bertz CT molecular complexity index is 319. The van der Waals surface area contributed by atoms with Crippen LogP contribution in [0.25, 0.3) is 0 Å². The van der Waals surface area contributed by atoms with Gasteiger partial charge in [-0.05, 0) is 25.8 Å². The van der Waals surface area contributed by atoms with Gasteiger partial charge in [-0.1, -0.05) is 12.8 Å². The lowest BCUT2D eigenvalue weighted by atomic mass is 9.86. The van der Waals surface area contributed by atoms with E-state index in [1.165, 1.54) is 6.42 Å². The first-order valence-electron chi connectivity index (χ1n) is 6.20. The van der Waals surface area contributed by atoms with Crippen LogP contribution in [-0.2, 0) is 10.0 Å². The molecule has 17 heavy (non-hydrogen) atoms. The smallest absolute Gasteiger partial charge is 0.208 e. The van der Waals surface area contributed by atoms with Gasteiger partial charge in [0.25, 0.3) is 0 Å². The molecule has 0 bridgehead atoms. The van der Waals surface area contributed by atoms with Crippen molar-refractivity contribution in [2.45, 2.75) is 31.8 Å². The number of likely N-dealkylation sites (N-methyl/N-ethyl adjacent to an activating group) is 1. The summed E-state index contributed by atoms with van der Waals surface area (Å²) >= 11 is 0. The minimum atomic E-state index is -3.09. The number of hydrogen-bond donors (Lipinski definition) is 2. The fraction of sp³-hybridized carbons (Fsp3) is 1.00. The fourth-order valence-electron chi connectivity index (χ4n) is 2.31. The molecule has 1 aliphatic carbocycles. The van der Waals surface area contributed by atoms with Crippen LogP contribution < -0.4 is 4.72 Å². The zero-order valence-electron chi connectivity index (χ0n) is 10.7. The summed E-state index contributed by atoms with van der Waals surface area (Å²) in [6.45, 7) is 1.95. The Morgan fingerprint density at radius 2 is 2.00 bits per heavy atom. The summed E-state index contributed by atoms with van der Waals surface area (Å²) in [6, 6.07) is 0. The van der Waals surface area contributed by atoms with Crippen molar-refractivity contribution in [3.63, 3.8) is 0 Å². The predicted molar refractivity (Wildman–Crippen MR) is 68.3 cm³/mol. The first kappa shape index (κ1) is 14.9. The van der Waals surface area contributed by atoms with E-state index in [1.807, 2.05) is 7.05 Å². The van der Waals surface area contributed by atoms with Crippen LogP contribution in [0.3, 0.4) is 0 Å². The van der Waals surface area contributed by atoms with E-state index < -0.39 is 10.0 Å². The van der Waals surface area contributed by atoms with Crippen molar-refractivity contribution in [1.82, 2.24) is 9.62 Å². The second-order valence-corrected chi connectivity index (χ2v) is 6.87. The summed E-state index contributed by atoms with van der Waals surface area (Å²) < 4.78 is 24.2. The second-order valence-electron chi connectivity index (χ2n) is 5.04. The summed E-state index contributed by atoms with van der Waals surface area (Å²) in [5, 5.41) is 9.83. The van der Waals surface area contributed by atoms with E-state index in [9.17, 15) is 13.5 Å². The zero-order valence-corrected chi connectivity index (χ0v) is 11.5. The molecule has 0 aromatic rings. The maximum absolute atomic E-state index is 10.9. The number of aliphatic hydroxyl groups is 1. The lowest BCUT2D eigenvalue weighted by molar-refractivity contribution is 0.0518. The van der Waals surface area contributed by atoms with Crippen molar-refractivity contribution >= 4 is 10.0 Å². The highest BCUT2D eigenvalue weighted by Gasteiger charge is 2.23. The molecule has 0 heterocycles. The Kier molecular flexibility index (Phi) is 5.85. The molecule has 0 saturated heterocycles. The van der Waals surface area contributed by atoms with Gasteiger partial charge >= 0.3 is 0 Å². The minimum absolute atomic E-state index is 0.186. The number of sulfonamides is 1. The monoisotopic (exact) mass is 264 g/mol. The van der Waals surface area contributed by atoms with Gasteiger partial charge < -0.3 is 10.0 Å². The molecule has 1 rings (SSSR count). The third-order valence-corrected chi connectivity index (χ3v) is 4.00. The zero-order chi connectivity index (χ0) is 12.9. The predicted octanol–water partition coefficient (Wildman–Crippen LogP) is 0.0185. The molecular formula is C11H24N2O3S. The average molecular weight is 264 g/mol. The topological polar surface area (TPSA) is 69.6 Å². The molecule has 0 spiro atoms. The molecule has 2 N–H and O–H groups in total. The van der Waals surface area contributed by atoms with Crippen LogP contribution in [0.5, 0.6) is 0 Å². The van der Waals surface area contributed by atoms with Crippen LogP contribution in [0.4, 0.5) is 0 Å². The van der Waals surface area contributed by atoms with Gasteiger partial charge in [-0.15, -0.1) is 0 Å². The Balaban J connectivity index is 2.22. The molecule has 6 heteroatoms. The van der Waals surface area contributed by atoms with Crippen molar-refractivity contribution in [3.05, 3.63) is 0 Å². The largest absolute Gasteiger partial charge is 0.393 e. The van der Waals surface area contributed by atoms with Gasteiger partial charge in [-0.3, -0.25) is 0 Å². The number of hydrogen-bond acceptors (Lipinski definition) is 4. The standard InChI is InChI=1S/C11H24N2O3S/c1-13(8-7-12-17(2,15)16)9-10-5-3-4-6-11(10)14/h10-12,14H,3-9H2,1-2H3. The van der Waals surface area contributed by atoms with E-state index in [0.29, 0.717) is 19.0 Å². The molecule has 0 radical (unpaired) electrons. The van der Waals surface area contributed by atoms with Gasteiger partial charge in [-0.2, -0.15) is 0 Å². The minimum Gasteiger partial charge on any atom is -0.393 e. The highest BCUT2D eigenvalue weighted by Crippen LogP contribution is 2.24. The highest BCUT2D eigenvalue weighted by molar-refractivity contribution is 7.88. The average Bonchev–Trinajstić information content (AvgIpc) is 2.19. The molecule has 0 aliphatic heterocycles. The second kappa shape index (κ2) is 6.68. The van der Waals surface area contributed by atoms with Crippen LogP contribution in [-0.4, -0.2) is 57.5 Å². The Morgan fingerprint density at radius 1 is 1.35 bits per heavy atom. The van der Waals surface area contributed by atoms with Crippen LogP contribution >= 0.6 is 0 Å². The summed E-state index contributed by atoms with van der Waals surface area (Å²) in [7, 11) is -1.13. The van der Waals surface area contributed by atoms with Crippen LogP contribution in [0.1, 0.15) is 25.7 Å². The number of aliphatic hydroxyl groups excluding tert-OH is 1. The van der Waals surface area contributed by atoms with Gasteiger partial charge in [0, 0.05) is 19.6 Å². The number of nitrogens with one attached hydrogen (secondary N) is 1. The Morgan fingerprint density at radius 3 is 2.59 bits per heavy atom. The molecule has 5 nitrogen and oxygen atoms in total. The number of nitrogens with zero attached hydrogens (tertiary/aromatic N) is 1. The van der Waals surface area contributed by atoms with Crippen molar-refractivity contribution in [2.75, 3.05) is 32.9 Å². The Hall–Kier alpha value is -0.170. The van der Waals surface area contributed by atoms with Gasteiger partial charge in [0.15, 0.2) is 0 Å². The highest BCUT2D eigenvalue weighted by atomic mass is 32.2. The molecule has 102 valence electrons. The first-order chi connectivity index (χ1) is 7.88. The van der Waals surface area contributed by atoms with Crippen LogP contribution in [0.2, 0.25) is 0 Å². The van der Waals surface area contributed by atoms with Gasteiger partial charge in [0.2, 0.25) is 10.0 Å². The molecular weight excluding hydrogens is 240 g/mol. The third kappa shape index (κ3) is 6.35. The first-order valence-corrected chi connectivity index (χ1v) is 8.09. The van der Waals surface area contributed by atoms with E-state index >= 15 is 0 Å². The van der Waals surface area contributed by atoms with Gasteiger partial charge in [-0.25, -0.2) is 13.1 Å². The van der Waals surface area contributed by atoms with Crippen LogP contribution in [0.15, 0.2) is 0 Å². The summed E-state index contributed by atoms with van der Waals surface area (Å²) in [5.74, 6) is 0.340.